The number of benzene rings is 1. The van der Waals surface area contributed by atoms with E-state index in [-0.39, 0.29) is 17.8 Å². The Morgan fingerprint density at radius 3 is 2.85 bits per heavy atom. The highest BCUT2D eigenvalue weighted by atomic mass is 19.1. The molecule has 110 valence electrons. The number of ether oxygens (including phenoxy) is 1. The highest BCUT2D eigenvalue weighted by Gasteiger charge is 2.22. The molecule has 2 N–H and O–H groups in total. The van der Waals surface area contributed by atoms with Gasteiger partial charge in [0, 0.05) is 36.7 Å². The third-order valence-electron chi connectivity index (χ3n) is 3.42. The van der Waals surface area contributed by atoms with Gasteiger partial charge in [0.15, 0.2) is 0 Å². The van der Waals surface area contributed by atoms with Crippen LogP contribution in [0.2, 0.25) is 0 Å². The van der Waals surface area contributed by atoms with Crippen LogP contribution in [-0.4, -0.2) is 25.6 Å². The zero-order chi connectivity index (χ0) is 14.5. The van der Waals surface area contributed by atoms with E-state index in [0.29, 0.717) is 30.3 Å². The summed E-state index contributed by atoms with van der Waals surface area (Å²) in [4.78, 5) is 11.5. The molecule has 0 aliphatic heterocycles. The standard InChI is InChI=1S/C15H21FN2O2/c1-10(13-6-5-12(20-2)9-14(13)16)17-8-7-15(19)18-11-3-4-11/h5-6,9-11,17H,3-4,7-8H2,1-2H3,(H,18,19). The first-order chi connectivity index (χ1) is 9.60. The van der Waals surface area contributed by atoms with Crippen LogP contribution in [0.3, 0.4) is 0 Å². The third kappa shape index (κ3) is 4.20. The number of nitrogens with one attached hydrogen (secondary N) is 2. The van der Waals surface area contributed by atoms with E-state index in [1.165, 1.54) is 13.2 Å². The van der Waals surface area contributed by atoms with Crippen molar-refractivity contribution in [2.75, 3.05) is 13.7 Å². The fraction of sp³-hybridized carbons (Fsp3) is 0.533. The van der Waals surface area contributed by atoms with Crippen LogP contribution in [-0.2, 0) is 4.79 Å². The Morgan fingerprint density at radius 1 is 1.50 bits per heavy atom. The van der Waals surface area contributed by atoms with E-state index in [2.05, 4.69) is 10.6 Å². The van der Waals surface area contributed by atoms with Crippen molar-refractivity contribution < 1.29 is 13.9 Å². The Kier molecular flexibility index (Phi) is 4.95. The fourth-order valence-electron chi connectivity index (χ4n) is 2.03. The van der Waals surface area contributed by atoms with E-state index in [9.17, 15) is 9.18 Å². The molecular formula is C15H21FN2O2. The zero-order valence-electron chi connectivity index (χ0n) is 11.9. The van der Waals surface area contributed by atoms with Crippen molar-refractivity contribution >= 4 is 5.91 Å². The summed E-state index contributed by atoms with van der Waals surface area (Å²) >= 11 is 0. The summed E-state index contributed by atoms with van der Waals surface area (Å²) in [6, 6.07) is 5.05. The van der Waals surface area contributed by atoms with Gasteiger partial charge < -0.3 is 15.4 Å². The normalized spacial score (nSPS) is 15.8. The minimum atomic E-state index is -0.299. The van der Waals surface area contributed by atoms with Crippen molar-refractivity contribution in [1.82, 2.24) is 10.6 Å². The molecule has 0 aromatic heterocycles. The number of halogens is 1. The number of carbonyl (C=O) groups excluding carboxylic acids is 1. The van der Waals surface area contributed by atoms with Crippen LogP contribution >= 0.6 is 0 Å². The molecule has 1 fully saturated rings. The number of carbonyl (C=O) groups is 1. The lowest BCUT2D eigenvalue weighted by Gasteiger charge is -2.15. The number of amides is 1. The fourth-order valence-corrected chi connectivity index (χ4v) is 2.03. The third-order valence-corrected chi connectivity index (χ3v) is 3.42. The molecule has 0 radical (unpaired) electrons. The molecule has 4 nitrogen and oxygen atoms in total. The van der Waals surface area contributed by atoms with Gasteiger partial charge in [0.05, 0.1) is 7.11 Å². The molecular weight excluding hydrogens is 259 g/mol. The second-order valence-electron chi connectivity index (χ2n) is 5.16. The Morgan fingerprint density at radius 2 is 2.25 bits per heavy atom. The average molecular weight is 280 g/mol. The zero-order valence-corrected chi connectivity index (χ0v) is 11.9. The molecule has 20 heavy (non-hydrogen) atoms. The van der Waals surface area contributed by atoms with Crippen molar-refractivity contribution in [2.45, 2.75) is 38.3 Å². The second-order valence-corrected chi connectivity index (χ2v) is 5.16. The minimum absolute atomic E-state index is 0.0578. The Hall–Kier alpha value is -1.62. The first-order valence-corrected chi connectivity index (χ1v) is 6.96. The molecule has 1 aromatic carbocycles. The van der Waals surface area contributed by atoms with Crippen LogP contribution in [0.4, 0.5) is 4.39 Å². The van der Waals surface area contributed by atoms with Crippen LogP contribution in [0.25, 0.3) is 0 Å². The van der Waals surface area contributed by atoms with Gasteiger partial charge in [0.1, 0.15) is 11.6 Å². The van der Waals surface area contributed by atoms with Gasteiger partial charge in [-0.05, 0) is 25.8 Å². The van der Waals surface area contributed by atoms with Crippen molar-refractivity contribution in [3.05, 3.63) is 29.6 Å². The van der Waals surface area contributed by atoms with E-state index >= 15 is 0 Å². The highest BCUT2D eigenvalue weighted by Crippen LogP contribution is 2.21. The molecule has 2 rings (SSSR count). The molecule has 1 saturated carbocycles. The van der Waals surface area contributed by atoms with Crippen LogP contribution in [0, 0.1) is 5.82 Å². The summed E-state index contributed by atoms with van der Waals surface area (Å²) < 4.78 is 18.8. The first-order valence-electron chi connectivity index (χ1n) is 6.96. The van der Waals surface area contributed by atoms with Gasteiger partial charge in [-0.2, -0.15) is 0 Å². The Balaban J connectivity index is 1.78. The van der Waals surface area contributed by atoms with E-state index in [1.807, 2.05) is 6.92 Å². The van der Waals surface area contributed by atoms with Crippen molar-refractivity contribution in [3.63, 3.8) is 0 Å². The van der Waals surface area contributed by atoms with Crippen molar-refractivity contribution in [1.29, 1.82) is 0 Å². The number of hydrogen-bond donors (Lipinski definition) is 2. The predicted octanol–water partition coefficient (Wildman–Crippen LogP) is 2.15. The van der Waals surface area contributed by atoms with E-state index in [4.69, 9.17) is 4.74 Å². The van der Waals surface area contributed by atoms with E-state index in [1.54, 1.807) is 12.1 Å². The van der Waals surface area contributed by atoms with Gasteiger partial charge in [-0.1, -0.05) is 6.07 Å². The SMILES string of the molecule is COc1ccc(C(C)NCCC(=O)NC2CC2)c(F)c1. The molecule has 1 atom stereocenters. The number of methoxy groups -OCH3 is 1. The second kappa shape index (κ2) is 6.70. The van der Waals surface area contributed by atoms with Gasteiger partial charge in [0.25, 0.3) is 0 Å². The first kappa shape index (κ1) is 14.8. The Labute approximate surface area is 118 Å². The lowest BCUT2D eigenvalue weighted by atomic mass is 10.1. The summed E-state index contributed by atoms with van der Waals surface area (Å²) in [7, 11) is 1.51. The van der Waals surface area contributed by atoms with Gasteiger partial charge in [-0.3, -0.25) is 4.79 Å². The summed E-state index contributed by atoms with van der Waals surface area (Å²) in [6.07, 6.45) is 2.60. The summed E-state index contributed by atoms with van der Waals surface area (Å²) in [6.45, 7) is 2.41. The quantitative estimate of drug-likeness (QED) is 0.804. The molecule has 0 heterocycles. The van der Waals surface area contributed by atoms with E-state index in [0.717, 1.165) is 12.8 Å². The maximum Gasteiger partial charge on any atom is 0.221 e. The highest BCUT2D eigenvalue weighted by molar-refractivity contribution is 5.76. The molecule has 1 aliphatic rings. The lowest BCUT2D eigenvalue weighted by Crippen LogP contribution is -2.30. The summed E-state index contributed by atoms with van der Waals surface area (Å²) in [5.41, 5.74) is 0.577. The Bertz CT molecular complexity index is 475. The smallest absolute Gasteiger partial charge is 0.221 e. The van der Waals surface area contributed by atoms with Gasteiger partial charge in [-0.25, -0.2) is 4.39 Å². The molecule has 5 heteroatoms. The van der Waals surface area contributed by atoms with Crippen LogP contribution in [0.5, 0.6) is 5.75 Å². The van der Waals surface area contributed by atoms with Crippen LogP contribution in [0.1, 0.15) is 37.8 Å². The minimum Gasteiger partial charge on any atom is -0.497 e. The van der Waals surface area contributed by atoms with E-state index < -0.39 is 0 Å². The van der Waals surface area contributed by atoms with Crippen LogP contribution in [0.15, 0.2) is 18.2 Å². The van der Waals surface area contributed by atoms with Crippen LogP contribution < -0.4 is 15.4 Å². The maximum absolute atomic E-state index is 13.9. The van der Waals surface area contributed by atoms with Gasteiger partial charge in [0.2, 0.25) is 5.91 Å². The predicted molar refractivity (Wildman–Crippen MR) is 75.2 cm³/mol. The average Bonchev–Trinajstić information content (AvgIpc) is 3.22. The number of hydrogen-bond acceptors (Lipinski definition) is 3. The summed E-state index contributed by atoms with van der Waals surface area (Å²) in [5.74, 6) is 0.261. The molecule has 0 saturated heterocycles. The monoisotopic (exact) mass is 280 g/mol. The molecule has 1 aromatic rings. The largest absolute Gasteiger partial charge is 0.497 e. The summed E-state index contributed by atoms with van der Waals surface area (Å²) in [5, 5.41) is 6.08. The molecule has 0 spiro atoms. The van der Waals surface area contributed by atoms with Crippen molar-refractivity contribution in [3.8, 4) is 5.75 Å². The molecule has 0 bridgehead atoms. The number of rotatable bonds is 7. The molecule has 1 amide bonds. The van der Waals surface area contributed by atoms with Crippen molar-refractivity contribution in [2.24, 2.45) is 0 Å². The topological polar surface area (TPSA) is 50.4 Å². The maximum atomic E-state index is 13.9. The lowest BCUT2D eigenvalue weighted by molar-refractivity contribution is -0.121. The molecule has 1 unspecified atom stereocenters. The molecule has 1 aliphatic carbocycles. The van der Waals surface area contributed by atoms with Gasteiger partial charge in [-0.15, -0.1) is 0 Å². The van der Waals surface area contributed by atoms with Gasteiger partial charge >= 0.3 is 0 Å².